The molecule has 2 N–H and O–H groups in total. The summed E-state index contributed by atoms with van der Waals surface area (Å²) in [6.45, 7) is 1.27. The molecule has 1 aromatic carbocycles. The number of nitrogens with two attached hydrogens (primary N) is 1. The van der Waals surface area contributed by atoms with Crippen molar-refractivity contribution in [1.82, 2.24) is 4.98 Å². The van der Waals surface area contributed by atoms with Crippen LogP contribution in [-0.2, 0) is 4.74 Å². The van der Waals surface area contributed by atoms with Crippen LogP contribution in [0, 0.1) is 0 Å². The molecule has 0 amide bonds. The molecule has 4 heteroatoms. The quantitative estimate of drug-likeness (QED) is 0.870. The van der Waals surface area contributed by atoms with Gasteiger partial charge in [0.05, 0.1) is 6.61 Å². The number of fused-ring (bicyclic) bond motifs is 1. The summed E-state index contributed by atoms with van der Waals surface area (Å²) in [6.07, 6.45) is 1.83. The van der Waals surface area contributed by atoms with Crippen molar-refractivity contribution in [3.05, 3.63) is 36.5 Å². The summed E-state index contributed by atoms with van der Waals surface area (Å²) in [6, 6.07) is 10.2. The van der Waals surface area contributed by atoms with Crippen LogP contribution in [0.5, 0.6) is 0 Å². The van der Waals surface area contributed by atoms with E-state index in [-0.39, 0.29) is 6.04 Å². The van der Waals surface area contributed by atoms with Crippen molar-refractivity contribution < 1.29 is 4.74 Å². The monoisotopic (exact) mass is 245 g/mol. The second-order valence-corrected chi connectivity index (χ2v) is 4.45. The number of aromatic nitrogens is 1. The van der Waals surface area contributed by atoms with Gasteiger partial charge in [0, 0.05) is 38.3 Å². The minimum Gasteiger partial charge on any atom is -0.383 e. The van der Waals surface area contributed by atoms with Gasteiger partial charge >= 0.3 is 0 Å². The molecule has 0 bridgehead atoms. The van der Waals surface area contributed by atoms with Crippen LogP contribution in [0.15, 0.2) is 36.5 Å². The fourth-order valence-corrected chi connectivity index (χ4v) is 2.11. The fraction of sp³-hybridized carbons (Fsp3) is 0.357. The SMILES string of the molecule is COCC(N)CN(C)c1nccc2ccccc12. The van der Waals surface area contributed by atoms with Crippen LogP contribution in [0.2, 0.25) is 0 Å². The van der Waals surface area contributed by atoms with Gasteiger partial charge in [-0.25, -0.2) is 4.98 Å². The standard InChI is InChI=1S/C14H19N3O/c1-17(9-12(15)10-18-2)14-13-6-4-3-5-11(13)7-8-16-14/h3-8,12H,9-10,15H2,1-2H3. The van der Waals surface area contributed by atoms with Gasteiger partial charge in [0.15, 0.2) is 0 Å². The number of likely N-dealkylation sites (N-methyl/N-ethyl adjacent to an activating group) is 1. The van der Waals surface area contributed by atoms with E-state index in [2.05, 4.69) is 22.0 Å². The molecule has 18 heavy (non-hydrogen) atoms. The molecule has 4 nitrogen and oxygen atoms in total. The van der Waals surface area contributed by atoms with Gasteiger partial charge in [-0.05, 0) is 11.5 Å². The fourth-order valence-electron chi connectivity index (χ4n) is 2.11. The van der Waals surface area contributed by atoms with E-state index in [1.54, 1.807) is 7.11 Å². The predicted molar refractivity (Wildman–Crippen MR) is 74.9 cm³/mol. The number of rotatable bonds is 5. The Morgan fingerprint density at radius 2 is 2.11 bits per heavy atom. The molecular formula is C14H19N3O. The second-order valence-electron chi connectivity index (χ2n) is 4.45. The van der Waals surface area contributed by atoms with Crippen molar-refractivity contribution in [2.75, 3.05) is 32.2 Å². The summed E-state index contributed by atoms with van der Waals surface area (Å²) in [7, 11) is 3.67. The van der Waals surface area contributed by atoms with Gasteiger partial charge in [0.25, 0.3) is 0 Å². The van der Waals surface area contributed by atoms with Gasteiger partial charge in [-0.3, -0.25) is 0 Å². The Labute approximate surface area is 107 Å². The molecule has 0 fully saturated rings. The Hall–Kier alpha value is -1.65. The number of anilines is 1. The molecule has 0 aliphatic carbocycles. The smallest absolute Gasteiger partial charge is 0.136 e. The van der Waals surface area contributed by atoms with Gasteiger partial charge in [-0.1, -0.05) is 24.3 Å². The number of ether oxygens (including phenoxy) is 1. The number of benzene rings is 1. The zero-order valence-electron chi connectivity index (χ0n) is 10.8. The van der Waals surface area contributed by atoms with E-state index in [4.69, 9.17) is 10.5 Å². The Morgan fingerprint density at radius 1 is 1.33 bits per heavy atom. The van der Waals surface area contributed by atoms with E-state index in [1.807, 2.05) is 31.4 Å². The zero-order valence-corrected chi connectivity index (χ0v) is 10.8. The first-order valence-electron chi connectivity index (χ1n) is 6.01. The lowest BCUT2D eigenvalue weighted by atomic mass is 10.1. The highest BCUT2D eigenvalue weighted by Crippen LogP contribution is 2.22. The first kappa shape index (κ1) is 12.8. The van der Waals surface area contributed by atoms with Crippen molar-refractivity contribution in [1.29, 1.82) is 0 Å². The second kappa shape index (κ2) is 5.80. The first-order valence-corrected chi connectivity index (χ1v) is 6.01. The molecule has 0 spiro atoms. The first-order chi connectivity index (χ1) is 8.72. The summed E-state index contributed by atoms with van der Waals surface area (Å²) in [4.78, 5) is 6.52. The summed E-state index contributed by atoms with van der Waals surface area (Å²) in [5.41, 5.74) is 5.97. The maximum absolute atomic E-state index is 5.97. The third-order valence-corrected chi connectivity index (χ3v) is 2.90. The number of methoxy groups -OCH3 is 1. The molecule has 1 unspecified atom stereocenters. The highest BCUT2D eigenvalue weighted by Gasteiger charge is 2.11. The molecule has 0 aliphatic rings. The number of pyridine rings is 1. The van der Waals surface area contributed by atoms with E-state index < -0.39 is 0 Å². The van der Waals surface area contributed by atoms with Gasteiger partial charge in [0.1, 0.15) is 5.82 Å². The van der Waals surface area contributed by atoms with Crippen molar-refractivity contribution in [3.8, 4) is 0 Å². The maximum Gasteiger partial charge on any atom is 0.136 e. The molecule has 0 aliphatic heterocycles. The minimum absolute atomic E-state index is 0.0132. The lowest BCUT2D eigenvalue weighted by Gasteiger charge is -2.23. The normalized spacial score (nSPS) is 12.6. The van der Waals surface area contributed by atoms with Crippen molar-refractivity contribution in [2.24, 2.45) is 5.73 Å². The number of hydrogen-bond acceptors (Lipinski definition) is 4. The lowest BCUT2D eigenvalue weighted by Crippen LogP contribution is -2.38. The maximum atomic E-state index is 5.97. The van der Waals surface area contributed by atoms with Crippen LogP contribution in [-0.4, -0.2) is 38.3 Å². The Kier molecular flexibility index (Phi) is 4.12. The van der Waals surface area contributed by atoms with Gasteiger partial charge < -0.3 is 15.4 Å². The van der Waals surface area contributed by atoms with E-state index in [1.165, 1.54) is 5.39 Å². The summed E-state index contributed by atoms with van der Waals surface area (Å²) >= 11 is 0. The topological polar surface area (TPSA) is 51.4 Å². The molecule has 1 heterocycles. The third-order valence-electron chi connectivity index (χ3n) is 2.90. The zero-order chi connectivity index (χ0) is 13.0. The third kappa shape index (κ3) is 2.78. The number of hydrogen-bond donors (Lipinski definition) is 1. The van der Waals surface area contributed by atoms with E-state index >= 15 is 0 Å². The minimum atomic E-state index is -0.0132. The Bertz CT molecular complexity index is 510. The average Bonchev–Trinajstić information content (AvgIpc) is 2.38. The molecule has 0 saturated carbocycles. The van der Waals surface area contributed by atoms with Crippen LogP contribution in [0.4, 0.5) is 5.82 Å². The summed E-state index contributed by atoms with van der Waals surface area (Å²) in [5, 5.41) is 2.33. The van der Waals surface area contributed by atoms with Crippen molar-refractivity contribution >= 4 is 16.6 Å². The van der Waals surface area contributed by atoms with Crippen molar-refractivity contribution in [3.63, 3.8) is 0 Å². The predicted octanol–water partition coefficient (Wildman–Crippen LogP) is 1.64. The molecule has 2 aromatic rings. The van der Waals surface area contributed by atoms with Gasteiger partial charge in [0.2, 0.25) is 0 Å². The summed E-state index contributed by atoms with van der Waals surface area (Å²) < 4.78 is 5.06. The largest absolute Gasteiger partial charge is 0.383 e. The van der Waals surface area contributed by atoms with Gasteiger partial charge in [-0.2, -0.15) is 0 Å². The van der Waals surface area contributed by atoms with Crippen LogP contribution in [0.25, 0.3) is 10.8 Å². The molecule has 1 aromatic heterocycles. The molecule has 0 radical (unpaired) electrons. The molecule has 1 atom stereocenters. The van der Waals surface area contributed by atoms with Crippen LogP contribution in [0.1, 0.15) is 0 Å². The average molecular weight is 245 g/mol. The van der Waals surface area contributed by atoms with Crippen LogP contribution in [0.3, 0.4) is 0 Å². The van der Waals surface area contributed by atoms with Gasteiger partial charge in [-0.15, -0.1) is 0 Å². The molecule has 0 saturated heterocycles. The number of nitrogens with zero attached hydrogens (tertiary/aromatic N) is 2. The molecule has 96 valence electrons. The Balaban J connectivity index is 2.24. The highest BCUT2D eigenvalue weighted by molar-refractivity contribution is 5.91. The van der Waals surface area contributed by atoms with E-state index in [0.717, 1.165) is 17.7 Å². The van der Waals surface area contributed by atoms with Crippen LogP contribution < -0.4 is 10.6 Å². The summed E-state index contributed by atoms with van der Waals surface area (Å²) in [5.74, 6) is 0.958. The van der Waals surface area contributed by atoms with Crippen LogP contribution >= 0.6 is 0 Å². The Morgan fingerprint density at radius 3 is 2.89 bits per heavy atom. The molecule has 2 rings (SSSR count). The molecular weight excluding hydrogens is 226 g/mol. The lowest BCUT2D eigenvalue weighted by molar-refractivity contribution is 0.181. The van der Waals surface area contributed by atoms with Crippen molar-refractivity contribution in [2.45, 2.75) is 6.04 Å². The van der Waals surface area contributed by atoms with E-state index in [9.17, 15) is 0 Å². The van der Waals surface area contributed by atoms with E-state index in [0.29, 0.717) is 6.61 Å². The highest BCUT2D eigenvalue weighted by atomic mass is 16.5.